The summed E-state index contributed by atoms with van der Waals surface area (Å²) < 4.78 is 5.18. The SMILES string of the molecule is COc1ccc(/C=C2/SC(=O)N(c3ccc(Cl)cc3)C2=O)c(C)c1. The van der Waals surface area contributed by atoms with E-state index in [4.69, 9.17) is 16.3 Å². The van der Waals surface area contributed by atoms with Crippen LogP contribution in [-0.4, -0.2) is 18.3 Å². The Balaban J connectivity index is 1.92. The summed E-state index contributed by atoms with van der Waals surface area (Å²) in [6.45, 7) is 1.93. The smallest absolute Gasteiger partial charge is 0.298 e. The number of imide groups is 1. The summed E-state index contributed by atoms with van der Waals surface area (Å²) in [6, 6.07) is 12.2. The van der Waals surface area contributed by atoms with Crippen molar-refractivity contribution in [2.24, 2.45) is 0 Å². The Bertz CT molecular complexity index is 846. The van der Waals surface area contributed by atoms with E-state index < -0.39 is 0 Å². The van der Waals surface area contributed by atoms with Gasteiger partial charge in [-0.2, -0.15) is 0 Å². The molecule has 2 aromatic rings. The Morgan fingerprint density at radius 3 is 2.46 bits per heavy atom. The third-order valence-electron chi connectivity index (χ3n) is 3.64. The molecule has 1 aliphatic rings. The van der Waals surface area contributed by atoms with Crippen molar-refractivity contribution in [1.82, 2.24) is 0 Å². The Morgan fingerprint density at radius 2 is 1.83 bits per heavy atom. The highest BCUT2D eigenvalue weighted by molar-refractivity contribution is 8.19. The maximum absolute atomic E-state index is 12.6. The first-order valence-electron chi connectivity index (χ1n) is 7.18. The third kappa shape index (κ3) is 3.18. The van der Waals surface area contributed by atoms with Crippen molar-refractivity contribution < 1.29 is 14.3 Å². The van der Waals surface area contributed by atoms with Gasteiger partial charge in [0.05, 0.1) is 17.7 Å². The van der Waals surface area contributed by atoms with Gasteiger partial charge in [0.15, 0.2) is 0 Å². The molecule has 0 N–H and O–H groups in total. The Labute approximate surface area is 149 Å². The lowest BCUT2D eigenvalue weighted by Crippen LogP contribution is -2.27. The van der Waals surface area contributed by atoms with Crippen LogP contribution in [0.1, 0.15) is 11.1 Å². The number of ether oxygens (including phenoxy) is 1. The highest BCUT2D eigenvalue weighted by Gasteiger charge is 2.36. The van der Waals surface area contributed by atoms with Crippen LogP contribution in [0.25, 0.3) is 6.08 Å². The number of carbonyl (C=O) groups is 2. The number of hydrogen-bond acceptors (Lipinski definition) is 4. The quantitative estimate of drug-likeness (QED) is 0.731. The first-order chi connectivity index (χ1) is 11.5. The lowest BCUT2D eigenvalue weighted by molar-refractivity contribution is -0.113. The van der Waals surface area contributed by atoms with Crippen LogP contribution < -0.4 is 9.64 Å². The second-order valence-corrected chi connectivity index (χ2v) is 6.65. The maximum Gasteiger partial charge on any atom is 0.298 e. The molecule has 0 unspecified atom stereocenters. The molecule has 0 spiro atoms. The van der Waals surface area contributed by atoms with E-state index in [9.17, 15) is 9.59 Å². The molecule has 24 heavy (non-hydrogen) atoms. The van der Waals surface area contributed by atoms with Crippen LogP contribution in [0.3, 0.4) is 0 Å². The Morgan fingerprint density at radius 1 is 1.12 bits per heavy atom. The van der Waals surface area contributed by atoms with Crippen molar-refractivity contribution in [3.05, 3.63) is 63.5 Å². The molecule has 1 saturated heterocycles. The van der Waals surface area contributed by atoms with Crippen LogP contribution in [0.4, 0.5) is 10.5 Å². The number of halogens is 1. The molecule has 0 aromatic heterocycles. The van der Waals surface area contributed by atoms with Crippen LogP contribution in [0.15, 0.2) is 47.4 Å². The fourth-order valence-corrected chi connectivity index (χ4v) is 3.32. The Hall–Kier alpha value is -2.24. The van der Waals surface area contributed by atoms with Crippen LogP contribution in [0, 0.1) is 6.92 Å². The van der Waals surface area contributed by atoms with Crippen molar-refractivity contribution in [1.29, 1.82) is 0 Å². The van der Waals surface area contributed by atoms with Crippen LogP contribution in [0.2, 0.25) is 5.02 Å². The van der Waals surface area contributed by atoms with Crippen molar-refractivity contribution in [2.75, 3.05) is 12.0 Å². The van der Waals surface area contributed by atoms with Crippen molar-refractivity contribution >= 4 is 46.3 Å². The normalized spacial score (nSPS) is 16.1. The molecule has 0 radical (unpaired) electrons. The molecule has 0 bridgehead atoms. The summed E-state index contributed by atoms with van der Waals surface area (Å²) in [7, 11) is 1.60. The van der Waals surface area contributed by atoms with Gasteiger partial charge in [-0.3, -0.25) is 9.59 Å². The first kappa shape index (κ1) is 16.6. The van der Waals surface area contributed by atoms with E-state index in [1.807, 2.05) is 25.1 Å². The molecular formula is C18H14ClNO3S. The third-order valence-corrected chi connectivity index (χ3v) is 4.76. The van der Waals surface area contributed by atoms with Gasteiger partial charge in [-0.05, 0) is 72.3 Å². The maximum atomic E-state index is 12.6. The molecular weight excluding hydrogens is 346 g/mol. The average molecular weight is 360 g/mol. The van der Waals surface area contributed by atoms with E-state index in [2.05, 4.69) is 0 Å². The van der Waals surface area contributed by atoms with Crippen LogP contribution >= 0.6 is 23.4 Å². The topological polar surface area (TPSA) is 46.6 Å². The summed E-state index contributed by atoms with van der Waals surface area (Å²) in [4.78, 5) is 26.4. The molecule has 3 rings (SSSR count). The first-order valence-corrected chi connectivity index (χ1v) is 8.37. The van der Waals surface area contributed by atoms with Gasteiger partial charge < -0.3 is 4.74 Å². The molecule has 1 heterocycles. The molecule has 6 heteroatoms. The number of carbonyl (C=O) groups excluding carboxylic acids is 2. The van der Waals surface area contributed by atoms with E-state index in [0.29, 0.717) is 15.6 Å². The van der Waals surface area contributed by atoms with Gasteiger partial charge in [0.1, 0.15) is 5.75 Å². The molecule has 2 amide bonds. The molecule has 1 fully saturated rings. The second kappa shape index (κ2) is 6.71. The molecule has 0 saturated carbocycles. The number of anilines is 1. The van der Waals surface area contributed by atoms with Gasteiger partial charge in [0, 0.05) is 5.02 Å². The van der Waals surface area contributed by atoms with E-state index in [1.54, 1.807) is 37.5 Å². The Kier molecular flexibility index (Phi) is 4.64. The van der Waals surface area contributed by atoms with Gasteiger partial charge in [-0.15, -0.1) is 0 Å². The van der Waals surface area contributed by atoms with Crippen LogP contribution in [-0.2, 0) is 4.79 Å². The molecule has 0 atom stereocenters. The fourth-order valence-electron chi connectivity index (χ4n) is 2.36. The zero-order chi connectivity index (χ0) is 17.3. The number of aryl methyl sites for hydroxylation is 1. The van der Waals surface area contributed by atoms with Crippen LogP contribution in [0.5, 0.6) is 5.75 Å². The number of rotatable bonds is 3. The average Bonchev–Trinajstić information content (AvgIpc) is 2.84. The number of methoxy groups -OCH3 is 1. The highest BCUT2D eigenvalue weighted by atomic mass is 35.5. The van der Waals surface area contributed by atoms with E-state index >= 15 is 0 Å². The van der Waals surface area contributed by atoms with Crippen molar-refractivity contribution in [3.63, 3.8) is 0 Å². The van der Waals surface area contributed by atoms with Gasteiger partial charge in [0.25, 0.3) is 11.1 Å². The monoisotopic (exact) mass is 359 g/mol. The number of benzene rings is 2. The van der Waals surface area contributed by atoms with Gasteiger partial charge in [-0.1, -0.05) is 17.7 Å². The predicted octanol–water partition coefficient (Wildman–Crippen LogP) is 4.90. The van der Waals surface area contributed by atoms with Crippen molar-refractivity contribution in [2.45, 2.75) is 6.92 Å². The summed E-state index contributed by atoms with van der Waals surface area (Å²) in [5.74, 6) is 0.418. The molecule has 1 aliphatic heterocycles. The van der Waals surface area contributed by atoms with Crippen molar-refractivity contribution in [3.8, 4) is 5.75 Å². The second-order valence-electron chi connectivity index (χ2n) is 5.22. The number of nitrogens with zero attached hydrogens (tertiary/aromatic N) is 1. The summed E-state index contributed by atoms with van der Waals surface area (Å²) >= 11 is 6.78. The number of thioether (sulfide) groups is 1. The summed E-state index contributed by atoms with van der Waals surface area (Å²) in [5, 5.41) is 0.231. The minimum absolute atomic E-state index is 0.320. The van der Waals surface area contributed by atoms with Gasteiger partial charge >= 0.3 is 0 Å². The minimum Gasteiger partial charge on any atom is -0.497 e. The number of hydrogen-bond donors (Lipinski definition) is 0. The molecule has 4 nitrogen and oxygen atoms in total. The fraction of sp³-hybridized carbons (Fsp3) is 0.111. The largest absolute Gasteiger partial charge is 0.497 e. The van der Waals surface area contributed by atoms with E-state index in [1.165, 1.54) is 0 Å². The molecule has 2 aromatic carbocycles. The van der Waals surface area contributed by atoms with E-state index in [0.717, 1.165) is 33.5 Å². The summed E-state index contributed by atoms with van der Waals surface area (Å²) in [5.41, 5.74) is 2.35. The van der Waals surface area contributed by atoms with Gasteiger partial charge in [-0.25, -0.2) is 4.90 Å². The molecule has 122 valence electrons. The number of amides is 2. The highest BCUT2D eigenvalue weighted by Crippen LogP contribution is 2.36. The minimum atomic E-state index is -0.331. The standard InChI is InChI=1S/C18H14ClNO3S/c1-11-9-15(23-2)8-3-12(11)10-16-17(21)20(18(22)24-16)14-6-4-13(19)5-7-14/h3-10H,1-2H3/b16-10+. The summed E-state index contributed by atoms with van der Waals surface area (Å²) in [6.07, 6.45) is 1.73. The van der Waals surface area contributed by atoms with E-state index in [-0.39, 0.29) is 11.1 Å². The van der Waals surface area contributed by atoms with Gasteiger partial charge in [0.2, 0.25) is 0 Å². The lowest BCUT2D eigenvalue weighted by atomic mass is 10.1. The lowest BCUT2D eigenvalue weighted by Gasteiger charge is -2.12. The predicted molar refractivity (Wildman–Crippen MR) is 97.6 cm³/mol. The zero-order valence-electron chi connectivity index (χ0n) is 13.1. The molecule has 0 aliphatic carbocycles. The zero-order valence-corrected chi connectivity index (χ0v) is 14.6.